The highest BCUT2D eigenvalue weighted by atomic mass is 16.2. The smallest absolute Gasteiger partial charge is 0.320 e. The third-order valence-electron chi connectivity index (χ3n) is 3.13. The number of pyridine rings is 1. The molecule has 0 saturated carbocycles. The Kier molecular flexibility index (Phi) is 3.58. The fourth-order valence-electron chi connectivity index (χ4n) is 2.14. The number of carbonyl (C=O) groups excluding carboxylic acids is 1. The molecule has 1 fully saturated rings. The zero-order chi connectivity index (χ0) is 12.3. The standard InChI is InChI=1S/C12H18N4O/c1-15-11(10-4-2-6-14-8-10)9-16(12(15)17)7-3-5-13/h2,4,6,8,11H,3,5,7,9,13H2,1H3. The van der Waals surface area contributed by atoms with E-state index in [0.717, 1.165) is 25.1 Å². The maximum atomic E-state index is 12.0. The molecular formula is C12H18N4O. The average Bonchev–Trinajstić information content (AvgIpc) is 2.65. The fourth-order valence-corrected chi connectivity index (χ4v) is 2.14. The number of likely N-dealkylation sites (N-methyl/N-ethyl adjacent to an activating group) is 1. The molecule has 2 heterocycles. The number of rotatable bonds is 4. The first-order valence-corrected chi connectivity index (χ1v) is 5.85. The zero-order valence-electron chi connectivity index (χ0n) is 10.0. The summed E-state index contributed by atoms with van der Waals surface area (Å²) in [5, 5.41) is 0. The van der Waals surface area contributed by atoms with Gasteiger partial charge in [-0.25, -0.2) is 4.79 Å². The number of urea groups is 1. The van der Waals surface area contributed by atoms with Crippen molar-refractivity contribution in [3.8, 4) is 0 Å². The molecule has 92 valence electrons. The van der Waals surface area contributed by atoms with Crippen molar-refractivity contribution in [3.63, 3.8) is 0 Å². The van der Waals surface area contributed by atoms with E-state index in [9.17, 15) is 4.79 Å². The van der Waals surface area contributed by atoms with Crippen LogP contribution in [0.25, 0.3) is 0 Å². The van der Waals surface area contributed by atoms with Crippen LogP contribution < -0.4 is 5.73 Å². The number of carbonyl (C=O) groups is 1. The number of hydrogen-bond donors (Lipinski definition) is 1. The van der Waals surface area contributed by atoms with Crippen LogP contribution in [0.1, 0.15) is 18.0 Å². The fraction of sp³-hybridized carbons (Fsp3) is 0.500. The van der Waals surface area contributed by atoms with Crippen molar-refractivity contribution in [2.24, 2.45) is 5.73 Å². The van der Waals surface area contributed by atoms with Crippen LogP contribution in [0.5, 0.6) is 0 Å². The largest absolute Gasteiger partial charge is 0.330 e. The summed E-state index contributed by atoms with van der Waals surface area (Å²) in [7, 11) is 1.84. The van der Waals surface area contributed by atoms with E-state index in [2.05, 4.69) is 4.98 Å². The Morgan fingerprint density at radius 2 is 2.41 bits per heavy atom. The molecule has 1 aliphatic rings. The molecule has 5 nitrogen and oxygen atoms in total. The van der Waals surface area contributed by atoms with E-state index in [-0.39, 0.29) is 12.1 Å². The van der Waals surface area contributed by atoms with Gasteiger partial charge in [-0.15, -0.1) is 0 Å². The summed E-state index contributed by atoms with van der Waals surface area (Å²) >= 11 is 0. The van der Waals surface area contributed by atoms with Crippen LogP contribution in [-0.4, -0.2) is 47.5 Å². The highest BCUT2D eigenvalue weighted by Crippen LogP contribution is 2.27. The summed E-state index contributed by atoms with van der Waals surface area (Å²) in [5.41, 5.74) is 6.55. The quantitative estimate of drug-likeness (QED) is 0.839. The van der Waals surface area contributed by atoms with Gasteiger partial charge in [0.25, 0.3) is 0 Å². The first-order chi connectivity index (χ1) is 8.24. The summed E-state index contributed by atoms with van der Waals surface area (Å²) < 4.78 is 0. The maximum absolute atomic E-state index is 12.0. The van der Waals surface area contributed by atoms with Crippen LogP contribution >= 0.6 is 0 Å². The second-order valence-corrected chi connectivity index (χ2v) is 4.28. The van der Waals surface area contributed by atoms with Crippen LogP contribution in [0, 0.1) is 0 Å². The third-order valence-corrected chi connectivity index (χ3v) is 3.13. The van der Waals surface area contributed by atoms with Gasteiger partial charge in [0, 0.05) is 32.5 Å². The van der Waals surface area contributed by atoms with Crippen LogP contribution in [0.15, 0.2) is 24.5 Å². The molecular weight excluding hydrogens is 216 g/mol. The maximum Gasteiger partial charge on any atom is 0.320 e. The van der Waals surface area contributed by atoms with Gasteiger partial charge in [0.05, 0.1) is 6.04 Å². The molecule has 1 aromatic rings. The lowest BCUT2D eigenvalue weighted by Crippen LogP contribution is -2.31. The van der Waals surface area contributed by atoms with Gasteiger partial charge in [-0.3, -0.25) is 4.98 Å². The molecule has 0 aromatic carbocycles. The Labute approximate surface area is 101 Å². The van der Waals surface area contributed by atoms with Crippen molar-refractivity contribution in [2.45, 2.75) is 12.5 Å². The number of amides is 2. The van der Waals surface area contributed by atoms with Crippen molar-refractivity contribution >= 4 is 6.03 Å². The van der Waals surface area contributed by atoms with Crippen molar-refractivity contribution in [1.82, 2.24) is 14.8 Å². The van der Waals surface area contributed by atoms with Crippen molar-refractivity contribution in [2.75, 3.05) is 26.7 Å². The lowest BCUT2D eigenvalue weighted by molar-refractivity contribution is 0.195. The molecule has 0 aliphatic carbocycles. The van der Waals surface area contributed by atoms with E-state index < -0.39 is 0 Å². The SMILES string of the molecule is CN1C(=O)N(CCCN)CC1c1cccnc1. The summed E-state index contributed by atoms with van der Waals surface area (Å²) in [6.07, 6.45) is 4.41. The molecule has 0 bridgehead atoms. The number of hydrogen-bond acceptors (Lipinski definition) is 3. The predicted molar refractivity (Wildman–Crippen MR) is 65.4 cm³/mol. The molecule has 0 radical (unpaired) electrons. The van der Waals surface area contributed by atoms with E-state index >= 15 is 0 Å². The molecule has 1 saturated heterocycles. The number of nitrogens with two attached hydrogens (primary N) is 1. The van der Waals surface area contributed by atoms with Crippen molar-refractivity contribution in [3.05, 3.63) is 30.1 Å². The minimum absolute atomic E-state index is 0.0762. The van der Waals surface area contributed by atoms with E-state index in [1.807, 2.05) is 30.3 Å². The van der Waals surface area contributed by atoms with Crippen molar-refractivity contribution in [1.29, 1.82) is 0 Å². The first-order valence-electron chi connectivity index (χ1n) is 5.85. The van der Waals surface area contributed by atoms with Crippen LogP contribution in [0.2, 0.25) is 0 Å². The molecule has 5 heteroatoms. The predicted octanol–water partition coefficient (Wildman–Crippen LogP) is 0.839. The van der Waals surface area contributed by atoms with Gasteiger partial charge in [-0.1, -0.05) is 6.07 Å². The summed E-state index contributed by atoms with van der Waals surface area (Å²) in [6, 6.07) is 4.09. The first kappa shape index (κ1) is 11.9. The lowest BCUT2D eigenvalue weighted by atomic mass is 10.1. The molecule has 1 aliphatic heterocycles. The van der Waals surface area contributed by atoms with Gasteiger partial charge in [0.1, 0.15) is 0 Å². The van der Waals surface area contributed by atoms with E-state index in [0.29, 0.717) is 6.54 Å². The minimum Gasteiger partial charge on any atom is -0.330 e. The van der Waals surface area contributed by atoms with E-state index in [1.165, 1.54) is 0 Å². The van der Waals surface area contributed by atoms with Gasteiger partial charge in [0.2, 0.25) is 0 Å². The second kappa shape index (κ2) is 5.14. The highest BCUT2D eigenvalue weighted by Gasteiger charge is 2.34. The lowest BCUT2D eigenvalue weighted by Gasteiger charge is -2.17. The van der Waals surface area contributed by atoms with Gasteiger partial charge in [-0.05, 0) is 24.6 Å². The Balaban J connectivity index is 2.09. The molecule has 17 heavy (non-hydrogen) atoms. The molecule has 1 atom stereocenters. The molecule has 0 spiro atoms. The monoisotopic (exact) mass is 234 g/mol. The topological polar surface area (TPSA) is 62.5 Å². The normalized spacial score (nSPS) is 20.1. The Hall–Kier alpha value is -1.62. The number of aromatic nitrogens is 1. The average molecular weight is 234 g/mol. The van der Waals surface area contributed by atoms with Gasteiger partial charge in [-0.2, -0.15) is 0 Å². The summed E-state index contributed by atoms with van der Waals surface area (Å²) in [4.78, 5) is 19.7. The van der Waals surface area contributed by atoms with Gasteiger partial charge in [0.15, 0.2) is 0 Å². The molecule has 1 aromatic heterocycles. The molecule has 1 unspecified atom stereocenters. The summed E-state index contributed by atoms with van der Waals surface area (Å²) in [6.45, 7) is 2.07. The second-order valence-electron chi connectivity index (χ2n) is 4.28. The van der Waals surface area contributed by atoms with Gasteiger partial charge < -0.3 is 15.5 Å². The Morgan fingerprint density at radius 3 is 3.06 bits per heavy atom. The van der Waals surface area contributed by atoms with E-state index in [1.54, 1.807) is 11.1 Å². The molecule has 2 rings (SSSR count). The number of nitrogens with zero attached hydrogens (tertiary/aromatic N) is 3. The zero-order valence-corrected chi connectivity index (χ0v) is 10.0. The van der Waals surface area contributed by atoms with Crippen LogP contribution in [0.4, 0.5) is 4.79 Å². The molecule has 2 N–H and O–H groups in total. The van der Waals surface area contributed by atoms with Crippen LogP contribution in [0.3, 0.4) is 0 Å². The molecule has 2 amide bonds. The Bertz CT molecular complexity index is 381. The van der Waals surface area contributed by atoms with Crippen LogP contribution in [-0.2, 0) is 0 Å². The Morgan fingerprint density at radius 1 is 1.59 bits per heavy atom. The minimum atomic E-state index is 0.0762. The highest BCUT2D eigenvalue weighted by molar-refractivity contribution is 5.77. The van der Waals surface area contributed by atoms with Gasteiger partial charge >= 0.3 is 6.03 Å². The van der Waals surface area contributed by atoms with E-state index in [4.69, 9.17) is 5.73 Å². The summed E-state index contributed by atoms with van der Waals surface area (Å²) in [5.74, 6) is 0. The third kappa shape index (κ3) is 2.39. The van der Waals surface area contributed by atoms with Crippen molar-refractivity contribution < 1.29 is 4.79 Å².